The lowest BCUT2D eigenvalue weighted by molar-refractivity contribution is -0.116. The maximum Gasteiger partial charge on any atom is 0.244 e. The van der Waals surface area contributed by atoms with Crippen LogP contribution in [0.15, 0.2) is 55.1 Å². The van der Waals surface area contributed by atoms with E-state index in [4.69, 9.17) is 14.2 Å². The van der Waals surface area contributed by atoms with Gasteiger partial charge in [0.05, 0.1) is 39.7 Å². The standard InChI is InChI=1S/C25H25N5O4/c1-32-22-5-3-16(7-23(22)33-2)9-26-24(31)6-4-17-10-27-25-21(17)8-18(11-28-25)19-12-29-30(13-19)20-14-34-15-20/h3-8,10-13,20H,9,14-15H2,1-2H3,(H,26,31)(H,27,28)/b6-4+. The fourth-order valence-corrected chi connectivity index (χ4v) is 3.79. The maximum absolute atomic E-state index is 12.4. The minimum absolute atomic E-state index is 0.197. The smallest absolute Gasteiger partial charge is 0.244 e. The van der Waals surface area contributed by atoms with Crippen molar-refractivity contribution in [3.8, 4) is 22.6 Å². The van der Waals surface area contributed by atoms with Gasteiger partial charge in [-0.05, 0) is 29.8 Å². The van der Waals surface area contributed by atoms with Crippen molar-refractivity contribution in [2.45, 2.75) is 12.6 Å². The molecular weight excluding hydrogens is 434 g/mol. The topological polar surface area (TPSA) is 103 Å². The molecular formula is C25H25N5O4. The number of methoxy groups -OCH3 is 2. The van der Waals surface area contributed by atoms with Crippen LogP contribution in [-0.2, 0) is 16.1 Å². The SMILES string of the molecule is COc1ccc(CNC(=O)/C=C/c2c[nH]c3ncc(-c4cnn(C5COC5)c4)cc23)cc1OC. The second-order valence-electron chi connectivity index (χ2n) is 8.00. The minimum atomic E-state index is -0.197. The summed E-state index contributed by atoms with van der Waals surface area (Å²) >= 11 is 0. The van der Waals surface area contributed by atoms with Gasteiger partial charge in [-0.2, -0.15) is 5.10 Å². The lowest BCUT2D eigenvalue weighted by atomic mass is 10.1. The van der Waals surface area contributed by atoms with Crippen molar-refractivity contribution in [1.82, 2.24) is 25.1 Å². The van der Waals surface area contributed by atoms with Gasteiger partial charge in [0.1, 0.15) is 5.65 Å². The zero-order valence-electron chi connectivity index (χ0n) is 18.9. The van der Waals surface area contributed by atoms with Crippen LogP contribution < -0.4 is 14.8 Å². The highest BCUT2D eigenvalue weighted by Crippen LogP contribution is 2.28. The van der Waals surface area contributed by atoms with Crippen LogP contribution in [0.5, 0.6) is 11.5 Å². The number of amides is 1. The second-order valence-corrected chi connectivity index (χ2v) is 8.00. The van der Waals surface area contributed by atoms with Crippen LogP contribution in [0, 0.1) is 0 Å². The molecule has 1 amide bonds. The van der Waals surface area contributed by atoms with Gasteiger partial charge >= 0.3 is 0 Å². The van der Waals surface area contributed by atoms with Gasteiger partial charge in [0.2, 0.25) is 5.91 Å². The molecule has 9 heteroatoms. The third kappa shape index (κ3) is 4.38. The summed E-state index contributed by atoms with van der Waals surface area (Å²) in [5.74, 6) is 1.07. The number of rotatable bonds is 8. The number of nitrogens with one attached hydrogen (secondary N) is 2. The van der Waals surface area contributed by atoms with Crippen LogP contribution in [0.3, 0.4) is 0 Å². The maximum atomic E-state index is 12.4. The number of fused-ring (bicyclic) bond motifs is 1. The first-order valence-corrected chi connectivity index (χ1v) is 10.9. The third-order valence-electron chi connectivity index (χ3n) is 5.82. The molecule has 9 nitrogen and oxygen atoms in total. The zero-order chi connectivity index (χ0) is 23.5. The van der Waals surface area contributed by atoms with Gasteiger partial charge < -0.3 is 24.5 Å². The van der Waals surface area contributed by atoms with Crippen molar-refractivity contribution in [2.75, 3.05) is 27.4 Å². The first-order chi connectivity index (χ1) is 16.6. The average molecular weight is 460 g/mol. The van der Waals surface area contributed by atoms with Crippen LogP contribution in [0.1, 0.15) is 17.2 Å². The molecule has 0 radical (unpaired) electrons. The summed E-state index contributed by atoms with van der Waals surface area (Å²) in [5, 5.41) is 8.27. The summed E-state index contributed by atoms with van der Waals surface area (Å²) in [6, 6.07) is 7.90. The Bertz CT molecular complexity index is 1350. The van der Waals surface area contributed by atoms with Crippen LogP contribution >= 0.6 is 0 Å². The summed E-state index contributed by atoms with van der Waals surface area (Å²) in [5.41, 5.74) is 4.50. The Morgan fingerprint density at radius 3 is 2.82 bits per heavy atom. The highest BCUT2D eigenvalue weighted by atomic mass is 16.5. The quantitative estimate of drug-likeness (QED) is 0.392. The first-order valence-electron chi connectivity index (χ1n) is 10.9. The molecule has 1 aliphatic heterocycles. The lowest BCUT2D eigenvalue weighted by Crippen LogP contribution is -2.30. The van der Waals surface area contributed by atoms with E-state index in [-0.39, 0.29) is 5.91 Å². The molecule has 34 heavy (non-hydrogen) atoms. The summed E-state index contributed by atoms with van der Waals surface area (Å²) in [7, 11) is 3.17. The number of H-pyrrole nitrogens is 1. The largest absolute Gasteiger partial charge is 0.493 e. The first kappa shape index (κ1) is 21.7. The van der Waals surface area contributed by atoms with Crippen molar-refractivity contribution in [2.24, 2.45) is 0 Å². The number of carbonyl (C=O) groups excluding carboxylic acids is 1. The number of aromatic nitrogens is 4. The van der Waals surface area contributed by atoms with E-state index < -0.39 is 0 Å². The van der Waals surface area contributed by atoms with Gasteiger partial charge in [-0.15, -0.1) is 0 Å². The predicted molar refractivity (Wildman–Crippen MR) is 128 cm³/mol. The molecule has 0 atom stereocenters. The molecule has 1 aromatic carbocycles. The normalized spacial score (nSPS) is 13.8. The van der Waals surface area contributed by atoms with Crippen molar-refractivity contribution in [3.63, 3.8) is 0 Å². The Balaban J connectivity index is 1.27. The van der Waals surface area contributed by atoms with E-state index in [1.165, 1.54) is 6.08 Å². The van der Waals surface area contributed by atoms with E-state index >= 15 is 0 Å². The molecule has 1 aliphatic rings. The van der Waals surface area contributed by atoms with Gasteiger partial charge in [0.25, 0.3) is 0 Å². The van der Waals surface area contributed by atoms with Gasteiger partial charge in [-0.1, -0.05) is 6.07 Å². The summed E-state index contributed by atoms with van der Waals surface area (Å²) in [6.45, 7) is 1.76. The lowest BCUT2D eigenvalue weighted by Gasteiger charge is -2.25. The van der Waals surface area contributed by atoms with Crippen LogP contribution in [0.4, 0.5) is 0 Å². The van der Waals surface area contributed by atoms with E-state index in [0.717, 1.165) is 33.3 Å². The van der Waals surface area contributed by atoms with E-state index in [1.54, 1.807) is 20.3 Å². The van der Waals surface area contributed by atoms with Crippen molar-refractivity contribution in [3.05, 3.63) is 66.3 Å². The Labute approximate surface area is 196 Å². The average Bonchev–Trinajstić information content (AvgIpc) is 3.47. The van der Waals surface area contributed by atoms with Crippen molar-refractivity contribution < 1.29 is 19.0 Å². The predicted octanol–water partition coefficient (Wildman–Crippen LogP) is 3.34. The molecule has 5 rings (SSSR count). The Morgan fingerprint density at radius 2 is 2.06 bits per heavy atom. The van der Waals surface area contributed by atoms with E-state index in [0.29, 0.717) is 37.3 Å². The number of nitrogens with zero attached hydrogens (tertiary/aromatic N) is 3. The van der Waals surface area contributed by atoms with Gasteiger partial charge in [-0.25, -0.2) is 4.98 Å². The number of hydrogen-bond acceptors (Lipinski definition) is 6. The Kier molecular flexibility index (Phi) is 6.01. The number of pyridine rings is 1. The molecule has 0 spiro atoms. The van der Waals surface area contributed by atoms with E-state index in [1.807, 2.05) is 47.7 Å². The monoisotopic (exact) mass is 459 g/mol. The van der Waals surface area contributed by atoms with Crippen LogP contribution in [-0.4, -0.2) is 53.1 Å². The Morgan fingerprint density at radius 1 is 1.21 bits per heavy atom. The van der Waals surface area contributed by atoms with Crippen LogP contribution in [0.2, 0.25) is 0 Å². The molecule has 1 saturated heterocycles. The number of aromatic amines is 1. The molecule has 2 N–H and O–H groups in total. The molecule has 0 aliphatic carbocycles. The van der Waals surface area contributed by atoms with E-state index in [2.05, 4.69) is 26.4 Å². The summed E-state index contributed by atoms with van der Waals surface area (Å²) < 4.78 is 17.7. The molecule has 174 valence electrons. The van der Waals surface area contributed by atoms with Crippen molar-refractivity contribution >= 4 is 23.0 Å². The number of benzene rings is 1. The minimum Gasteiger partial charge on any atom is -0.493 e. The number of carbonyl (C=O) groups is 1. The number of hydrogen-bond donors (Lipinski definition) is 2. The molecule has 4 aromatic rings. The molecule has 0 unspecified atom stereocenters. The molecule has 3 aromatic heterocycles. The molecule has 1 fully saturated rings. The van der Waals surface area contributed by atoms with E-state index in [9.17, 15) is 4.79 Å². The second kappa shape index (κ2) is 9.40. The van der Waals surface area contributed by atoms with Gasteiger partial charge in [0.15, 0.2) is 11.5 Å². The zero-order valence-corrected chi connectivity index (χ0v) is 18.9. The van der Waals surface area contributed by atoms with Gasteiger partial charge in [-0.3, -0.25) is 9.48 Å². The highest BCUT2D eigenvalue weighted by Gasteiger charge is 2.21. The third-order valence-corrected chi connectivity index (χ3v) is 5.82. The Hall–Kier alpha value is -4.11. The number of ether oxygens (including phenoxy) is 3. The van der Waals surface area contributed by atoms with Crippen LogP contribution in [0.25, 0.3) is 28.2 Å². The summed E-state index contributed by atoms with van der Waals surface area (Å²) in [6.07, 6.45) is 10.8. The summed E-state index contributed by atoms with van der Waals surface area (Å²) in [4.78, 5) is 20.1. The molecule has 4 heterocycles. The molecule has 0 bridgehead atoms. The molecule has 0 saturated carbocycles. The fraction of sp³-hybridized carbons (Fsp3) is 0.240. The van der Waals surface area contributed by atoms with Crippen molar-refractivity contribution in [1.29, 1.82) is 0 Å². The van der Waals surface area contributed by atoms with Gasteiger partial charge in [0, 0.05) is 53.3 Å². The highest BCUT2D eigenvalue weighted by molar-refractivity contribution is 5.96. The fourth-order valence-electron chi connectivity index (χ4n) is 3.79.